The Balaban J connectivity index is 0.00000261. The average molecular weight is 479 g/mol. The molecule has 0 unspecified atom stereocenters. The van der Waals surface area contributed by atoms with E-state index in [0.717, 1.165) is 33.8 Å². The molecule has 0 spiro atoms. The van der Waals surface area contributed by atoms with Crippen LogP contribution in [0.2, 0.25) is 0 Å². The zero-order valence-corrected chi connectivity index (χ0v) is 18.4. The molecular formula is C20H26IN5O. The Morgan fingerprint density at radius 2 is 1.81 bits per heavy atom. The SMILES string of the molecule is CN=C(NCc1cccc(N(C)C)n1)NCc1oc2ccccc2c1C.I. The number of rotatable bonds is 5. The molecule has 6 nitrogen and oxygen atoms in total. The van der Waals surface area contributed by atoms with E-state index < -0.39 is 0 Å². The van der Waals surface area contributed by atoms with Gasteiger partial charge in [0.15, 0.2) is 5.96 Å². The molecule has 3 aromatic rings. The monoisotopic (exact) mass is 479 g/mol. The molecule has 0 amide bonds. The molecule has 0 aliphatic rings. The number of aliphatic imine (C=N–C) groups is 1. The summed E-state index contributed by atoms with van der Waals surface area (Å²) in [7, 11) is 5.72. The number of hydrogen-bond donors (Lipinski definition) is 2. The highest BCUT2D eigenvalue weighted by molar-refractivity contribution is 14.0. The van der Waals surface area contributed by atoms with Crippen LogP contribution in [0.15, 0.2) is 51.9 Å². The Labute approximate surface area is 177 Å². The van der Waals surface area contributed by atoms with E-state index in [9.17, 15) is 0 Å². The summed E-state index contributed by atoms with van der Waals surface area (Å²) in [6, 6.07) is 14.1. The van der Waals surface area contributed by atoms with Crippen molar-refractivity contribution < 1.29 is 4.42 Å². The predicted octanol–water partition coefficient (Wildman–Crippen LogP) is 3.69. The Hall–Kier alpha value is -2.29. The Morgan fingerprint density at radius 1 is 1.07 bits per heavy atom. The molecule has 3 rings (SSSR count). The van der Waals surface area contributed by atoms with Crippen molar-refractivity contribution >= 4 is 46.7 Å². The molecule has 0 bridgehead atoms. The zero-order valence-electron chi connectivity index (χ0n) is 16.1. The van der Waals surface area contributed by atoms with Gasteiger partial charge in [-0.15, -0.1) is 24.0 Å². The molecule has 0 radical (unpaired) electrons. The van der Waals surface area contributed by atoms with Crippen LogP contribution >= 0.6 is 24.0 Å². The number of fused-ring (bicyclic) bond motifs is 1. The van der Waals surface area contributed by atoms with Crippen molar-refractivity contribution in [2.45, 2.75) is 20.0 Å². The topological polar surface area (TPSA) is 65.7 Å². The number of para-hydroxylation sites is 1. The van der Waals surface area contributed by atoms with Crippen molar-refractivity contribution in [3.8, 4) is 0 Å². The normalized spacial score (nSPS) is 11.2. The smallest absolute Gasteiger partial charge is 0.191 e. The summed E-state index contributed by atoms with van der Waals surface area (Å²) < 4.78 is 5.94. The third-order valence-electron chi connectivity index (χ3n) is 4.27. The first kappa shape index (κ1) is 21.0. The number of guanidine groups is 1. The van der Waals surface area contributed by atoms with Crippen LogP contribution < -0.4 is 15.5 Å². The number of aromatic nitrogens is 1. The largest absolute Gasteiger partial charge is 0.459 e. The van der Waals surface area contributed by atoms with Gasteiger partial charge in [-0.3, -0.25) is 4.99 Å². The minimum atomic E-state index is 0. The minimum Gasteiger partial charge on any atom is -0.459 e. The second-order valence-electron chi connectivity index (χ2n) is 6.31. The molecule has 2 heterocycles. The molecule has 0 aliphatic carbocycles. The van der Waals surface area contributed by atoms with E-state index in [-0.39, 0.29) is 24.0 Å². The van der Waals surface area contributed by atoms with Gasteiger partial charge in [0.1, 0.15) is 17.2 Å². The highest BCUT2D eigenvalue weighted by Gasteiger charge is 2.10. The third-order valence-corrected chi connectivity index (χ3v) is 4.27. The molecule has 1 aromatic carbocycles. The third kappa shape index (κ3) is 5.12. The van der Waals surface area contributed by atoms with Gasteiger partial charge in [0, 0.05) is 32.1 Å². The molecule has 2 N–H and O–H groups in total. The molecule has 0 atom stereocenters. The van der Waals surface area contributed by atoms with Crippen LogP contribution in [0.3, 0.4) is 0 Å². The van der Waals surface area contributed by atoms with Gasteiger partial charge in [-0.25, -0.2) is 4.98 Å². The van der Waals surface area contributed by atoms with E-state index in [0.29, 0.717) is 19.0 Å². The minimum absolute atomic E-state index is 0. The molecule has 0 saturated carbocycles. The van der Waals surface area contributed by atoms with Crippen molar-refractivity contribution in [2.75, 3.05) is 26.0 Å². The van der Waals surface area contributed by atoms with E-state index in [1.165, 1.54) is 0 Å². The maximum atomic E-state index is 5.94. The lowest BCUT2D eigenvalue weighted by Gasteiger charge is -2.14. The average Bonchev–Trinajstić information content (AvgIpc) is 2.98. The number of halogens is 1. The Morgan fingerprint density at radius 3 is 2.52 bits per heavy atom. The number of hydrogen-bond acceptors (Lipinski definition) is 4. The molecule has 0 fully saturated rings. The lowest BCUT2D eigenvalue weighted by Crippen LogP contribution is -2.36. The molecule has 27 heavy (non-hydrogen) atoms. The van der Waals surface area contributed by atoms with Gasteiger partial charge < -0.3 is 20.0 Å². The van der Waals surface area contributed by atoms with Crippen LogP contribution in [0.4, 0.5) is 5.82 Å². The van der Waals surface area contributed by atoms with Gasteiger partial charge in [-0.1, -0.05) is 24.3 Å². The molecule has 144 valence electrons. The van der Waals surface area contributed by atoms with Gasteiger partial charge in [0.05, 0.1) is 18.8 Å². The summed E-state index contributed by atoms with van der Waals surface area (Å²) in [6.07, 6.45) is 0. The van der Waals surface area contributed by atoms with Gasteiger partial charge in [-0.2, -0.15) is 0 Å². The summed E-state index contributed by atoms with van der Waals surface area (Å²) in [5, 5.41) is 7.74. The van der Waals surface area contributed by atoms with Gasteiger partial charge in [0.25, 0.3) is 0 Å². The standard InChI is InChI=1S/C20H25N5O.HI/c1-14-16-9-5-6-10-17(16)26-18(14)13-23-20(21-2)22-12-15-8-7-11-19(24-15)25(3)4;/h5-11H,12-13H2,1-4H3,(H2,21,22,23);1H. The summed E-state index contributed by atoms with van der Waals surface area (Å²) in [5.74, 6) is 2.56. The van der Waals surface area contributed by atoms with Crippen molar-refractivity contribution in [1.29, 1.82) is 0 Å². The number of aryl methyl sites for hydroxylation is 1. The van der Waals surface area contributed by atoms with Gasteiger partial charge in [-0.05, 0) is 25.1 Å². The molecule has 7 heteroatoms. The van der Waals surface area contributed by atoms with E-state index in [2.05, 4.69) is 33.6 Å². The van der Waals surface area contributed by atoms with E-state index >= 15 is 0 Å². The quantitative estimate of drug-likeness (QED) is 0.332. The molecule has 2 aromatic heterocycles. The zero-order chi connectivity index (χ0) is 18.5. The van der Waals surface area contributed by atoms with Gasteiger partial charge in [0.2, 0.25) is 0 Å². The van der Waals surface area contributed by atoms with E-state index in [4.69, 9.17) is 4.42 Å². The van der Waals surface area contributed by atoms with Crippen LogP contribution in [-0.2, 0) is 13.1 Å². The second-order valence-corrected chi connectivity index (χ2v) is 6.31. The lowest BCUT2D eigenvalue weighted by atomic mass is 10.1. The van der Waals surface area contributed by atoms with Crippen LogP contribution in [-0.4, -0.2) is 32.1 Å². The molecule has 0 aliphatic heterocycles. The fourth-order valence-electron chi connectivity index (χ4n) is 2.77. The van der Waals surface area contributed by atoms with Crippen molar-refractivity contribution in [2.24, 2.45) is 4.99 Å². The number of pyridine rings is 1. The fourth-order valence-corrected chi connectivity index (χ4v) is 2.77. The maximum absolute atomic E-state index is 5.94. The maximum Gasteiger partial charge on any atom is 0.191 e. The first-order chi connectivity index (χ1) is 12.6. The molecule has 0 saturated heterocycles. The van der Waals surface area contributed by atoms with Crippen LogP contribution in [0.1, 0.15) is 17.0 Å². The fraction of sp³-hybridized carbons (Fsp3) is 0.300. The van der Waals surface area contributed by atoms with Crippen LogP contribution in [0.5, 0.6) is 0 Å². The van der Waals surface area contributed by atoms with Crippen LogP contribution in [0.25, 0.3) is 11.0 Å². The van der Waals surface area contributed by atoms with Gasteiger partial charge >= 0.3 is 0 Å². The number of nitrogens with one attached hydrogen (secondary N) is 2. The highest BCUT2D eigenvalue weighted by Crippen LogP contribution is 2.24. The highest BCUT2D eigenvalue weighted by atomic mass is 127. The Kier molecular flexibility index (Phi) is 7.46. The van der Waals surface area contributed by atoms with E-state index in [1.807, 2.05) is 55.4 Å². The summed E-state index contributed by atoms with van der Waals surface area (Å²) >= 11 is 0. The Bertz CT molecular complexity index is 920. The summed E-state index contributed by atoms with van der Waals surface area (Å²) in [5.41, 5.74) is 3.03. The second kappa shape index (κ2) is 9.59. The molecular weight excluding hydrogens is 453 g/mol. The number of nitrogens with zero attached hydrogens (tertiary/aromatic N) is 3. The number of furan rings is 1. The van der Waals surface area contributed by atoms with Crippen molar-refractivity contribution in [3.05, 3.63) is 59.5 Å². The van der Waals surface area contributed by atoms with Crippen LogP contribution in [0, 0.1) is 6.92 Å². The van der Waals surface area contributed by atoms with Crippen molar-refractivity contribution in [3.63, 3.8) is 0 Å². The first-order valence-corrected chi connectivity index (χ1v) is 8.63. The first-order valence-electron chi connectivity index (χ1n) is 8.63. The predicted molar refractivity (Wildman–Crippen MR) is 122 cm³/mol. The van der Waals surface area contributed by atoms with Crippen molar-refractivity contribution in [1.82, 2.24) is 15.6 Å². The summed E-state index contributed by atoms with van der Waals surface area (Å²) in [4.78, 5) is 10.9. The number of benzene rings is 1. The number of anilines is 1. The van der Waals surface area contributed by atoms with E-state index in [1.54, 1.807) is 7.05 Å². The lowest BCUT2D eigenvalue weighted by molar-refractivity contribution is 0.534. The summed E-state index contributed by atoms with van der Waals surface area (Å²) in [6.45, 7) is 3.25.